The molecule has 1 aliphatic rings. The lowest BCUT2D eigenvalue weighted by molar-refractivity contribution is -0.112. The fraction of sp³-hybridized carbons (Fsp3) is 0.421. The van der Waals surface area contributed by atoms with Gasteiger partial charge in [0.15, 0.2) is 5.84 Å². The summed E-state index contributed by atoms with van der Waals surface area (Å²) >= 11 is 0. The number of hydrogen-bond acceptors (Lipinski definition) is 2. The van der Waals surface area contributed by atoms with E-state index in [1.807, 2.05) is 32.0 Å². The fourth-order valence-corrected chi connectivity index (χ4v) is 2.25. The van der Waals surface area contributed by atoms with E-state index in [0.717, 1.165) is 22.5 Å². The van der Waals surface area contributed by atoms with E-state index in [1.54, 1.807) is 20.0 Å². The molecule has 1 aromatic carbocycles. The van der Waals surface area contributed by atoms with Crippen LogP contribution in [0.3, 0.4) is 0 Å². The smallest absolute Gasteiger partial charge is 0.250 e. The van der Waals surface area contributed by atoms with Crippen LogP contribution in [-0.2, 0) is 4.79 Å². The van der Waals surface area contributed by atoms with E-state index in [4.69, 9.17) is 0 Å². The van der Waals surface area contributed by atoms with Gasteiger partial charge in [-0.3, -0.25) is 9.79 Å². The average Bonchev–Trinajstić information content (AvgIpc) is 3.38. The second-order valence-electron chi connectivity index (χ2n) is 6.03. The van der Waals surface area contributed by atoms with Crippen LogP contribution in [0.1, 0.15) is 44.7 Å². The number of rotatable bonds is 4. The molecular formula is C19H25N3O. The topological polar surface area (TPSA) is 53.8 Å². The Labute approximate surface area is 138 Å². The van der Waals surface area contributed by atoms with Crippen molar-refractivity contribution in [1.82, 2.24) is 0 Å². The molecule has 2 rings (SSSR count). The van der Waals surface area contributed by atoms with E-state index >= 15 is 0 Å². The number of amidine groups is 1. The zero-order valence-electron chi connectivity index (χ0n) is 14.6. The first kappa shape index (κ1) is 17.1. The van der Waals surface area contributed by atoms with Crippen molar-refractivity contribution in [2.24, 2.45) is 15.9 Å². The Morgan fingerprint density at radius 2 is 2.00 bits per heavy atom. The molecule has 0 unspecified atom stereocenters. The highest BCUT2D eigenvalue weighted by molar-refractivity contribution is 6.09. The number of nitrogens with one attached hydrogen (secondary N) is 1. The van der Waals surface area contributed by atoms with Gasteiger partial charge in [-0.25, -0.2) is 4.99 Å². The molecule has 1 aliphatic carbocycles. The van der Waals surface area contributed by atoms with E-state index in [2.05, 4.69) is 22.2 Å². The van der Waals surface area contributed by atoms with Crippen molar-refractivity contribution in [1.29, 1.82) is 0 Å². The molecule has 0 aromatic heterocycles. The Kier molecular flexibility index (Phi) is 5.48. The number of carbonyl (C=O) groups excluding carboxylic acids is 1. The third-order valence-corrected chi connectivity index (χ3v) is 4.20. The highest BCUT2D eigenvalue weighted by atomic mass is 16.1. The number of hydrogen-bond donors (Lipinski definition) is 1. The first-order valence-corrected chi connectivity index (χ1v) is 8.03. The van der Waals surface area contributed by atoms with Crippen molar-refractivity contribution < 1.29 is 4.79 Å². The third-order valence-electron chi connectivity index (χ3n) is 4.20. The predicted molar refractivity (Wildman–Crippen MR) is 97.5 cm³/mol. The molecule has 0 saturated heterocycles. The van der Waals surface area contributed by atoms with Crippen molar-refractivity contribution in [3.8, 4) is 0 Å². The highest BCUT2D eigenvalue weighted by Gasteiger charge is 2.24. The summed E-state index contributed by atoms with van der Waals surface area (Å²) in [7, 11) is 1.75. The molecule has 0 aliphatic heterocycles. The van der Waals surface area contributed by atoms with E-state index in [1.165, 1.54) is 12.8 Å². The molecule has 0 heterocycles. The van der Waals surface area contributed by atoms with Crippen LogP contribution >= 0.6 is 0 Å². The van der Waals surface area contributed by atoms with Crippen LogP contribution in [0.2, 0.25) is 0 Å². The Hall–Kier alpha value is -2.23. The second kappa shape index (κ2) is 7.36. The molecule has 4 heteroatoms. The number of carbonyl (C=O) groups is 1. The monoisotopic (exact) mass is 311 g/mol. The summed E-state index contributed by atoms with van der Waals surface area (Å²) in [5.41, 5.74) is 4.58. The van der Waals surface area contributed by atoms with Crippen molar-refractivity contribution in [3.05, 3.63) is 41.0 Å². The number of aryl methyl sites for hydroxylation is 1. The molecule has 0 bridgehead atoms. The van der Waals surface area contributed by atoms with Gasteiger partial charge in [-0.2, -0.15) is 0 Å². The molecule has 0 radical (unpaired) electrons. The maximum atomic E-state index is 12.1. The van der Waals surface area contributed by atoms with E-state index in [0.29, 0.717) is 17.3 Å². The quantitative estimate of drug-likeness (QED) is 0.507. The minimum absolute atomic E-state index is 0.0830. The number of amides is 1. The second-order valence-corrected chi connectivity index (χ2v) is 6.03. The molecule has 0 atom stereocenters. The standard InChI is InChI=1S/C19H25N3O/c1-6-12(2)19(23)22-17-11-16(8-7-13(17)3)18(20-5)21-14(4)15-9-10-15/h6-8,11,15H,9-10H2,1-5H3,(H,22,23)/b12-6+,20-18?,21-14?. The number of anilines is 1. The first-order chi connectivity index (χ1) is 11.0. The van der Waals surface area contributed by atoms with Gasteiger partial charge in [0.25, 0.3) is 5.91 Å². The Morgan fingerprint density at radius 1 is 1.30 bits per heavy atom. The molecule has 1 saturated carbocycles. The van der Waals surface area contributed by atoms with Crippen LogP contribution in [-0.4, -0.2) is 24.5 Å². The number of benzene rings is 1. The van der Waals surface area contributed by atoms with Crippen LogP contribution < -0.4 is 5.32 Å². The van der Waals surface area contributed by atoms with Gasteiger partial charge in [-0.1, -0.05) is 18.2 Å². The summed E-state index contributed by atoms with van der Waals surface area (Å²) in [6.07, 6.45) is 4.26. The van der Waals surface area contributed by atoms with E-state index in [-0.39, 0.29) is 5.91 Å². The Balaban J connectivity index is 2.28. The Bertz CT molecular complexity index is 695. The van der Waals surface area contributed by atoms with Gasteiger partial charge in [-0.15, -0.1) is 0 Å². The van der Waals surface area contributed by atoms with Crippen LogP contribution in [0, 0.1) is 12.8 Å². The van der Waals surface area contributed by atoms with Gasteiger partial charge in [0.05, 0.1) is 0 Å². The van der Waals surface area contributed by atoms with Gasteiger partial charge in [0, 0.05) is 29.6 Å². The normalized spacial score (nSPS) is 16.5. The largest absolute Gasteiger partial charge is 0.322 e. The van der Waals surface area contributed by atoms with Gasteiger partial charge < -0.3 is 5.32 Å². The van der Waals surface area contributed by atoms with Crippen LogP contribution in [0.15, 0.2) is 39.8 Å². The number of allylic oxidation sites excluding steroid dienone is 1. The average molecular weight is 311 g/mol. The van der Waals surface area contributed by atoms with Crippen LogP contribution in [0.25, 0.3) is 0 Å². The summed E-state index contributed by atoms with van der Waals surface area (Å²) in [6.45, 7) is 7.70. The van der Waals surface area contributed by atoms with Gasteiger partial charge in [0.1, 0.15) is 0 Å². The summed E-state index contributed by atoms with van der Waals surface area (Å²) in [5, 5.41) is 2.96. The third kappa shape index (κ3) is 4.38. The molecular weight excluding hydrogens is 286 g/mol. The van der Waals surface area contributed by atoms with Crippen LogP contribution in [0.4, 0.5) is 5.69 Å². The summed E-state index contributed by atoms with van der Waals surface area (Å²) < 4.78 is 0. The lowest BCUT2D eigenvalue weighted by Crippen LogP contribution is -2.14. The highest BCUT2D eigenvalue weighted by Crippen LogP contribution is 2.30. The summed E-state index contributed by atoms with van der Waals surface area (Å²) in [5.74, 6) is 1.25. The van der Waals surface area contributed by atoms with Crippen molar-refractivity contribution >= 4 is 23.1 Å². The van der Waals surface area contributed by atoms with Crippen molar-refractivity contribution in [2.75, 3.05) is 12.4 Å². The number of nitrogens with zero attached hydrogens (tertiary/aromatic N) is 2. The SMILES string of the molecule is C/C=C(\C)C(=O)Nc1cc(C(=NC)N=C(C)C2CC2)ccc1C. The number of aliphatic imine (C=N–C) groups is 2. The van der Waals surface area contributed by atoms with Crippen molar-refractivity contribution in [2.45, 2.75) is 40.5 Å². The fourth-order valence-electron chi connectivity index (χ4n) is 2.25. The molecule has 1 aromatic rings. The molecule has 0 spiro atoms. The minimum atomic E-state index is -0.0830. The zero-order valence-corrected chi connectivity index (χ0v) is 14.6. The van der Waals surface area contributed by atoms with E-state index < -0.39 is 0 Å². The molecule has 122 valence electrons. The van der Waals surface area contributed by atoms with Gasteiger partial charge in [-0.05, 0) is 58.1 Å². The predicted octanol–water partition coefficient (Wildman–Crippen LogP) is 4.15. The maximum Gasteiger partial charge on any atom is 0.250 e. The summed E-state index contributed by atoms with van der Waals surface area (Å²) in [4.78, 5) is 21.1. The zero-order chi connectivity index (χ0) is 17.0. The molecule has 4 nitrogen and oxygen atoms in total. The van der Waals surface area contributed by atoms with Crippen molar-refractivity contribution in [3.63, 3.8) is 0 Å². The lowest BCUT2D eigenvalue weighted by Gasteiger charge is -2.11. The maximum absolute atomic E-state index is 12.1. The van der Waals surface area contributed by atoms with Gasteiger partial charge >= 0.3 is 0 Å². The molecule has 1 N–H and O–H groups in total. The van der Waals surface area contributed by atoms with Crippen LogP contribution in [0.5, 0.6) is 0 Å². The molecule has 23 heavy (non-hydrogen) atoms. The Morgan fingerprint density at radius 3 is 2.57 bits per heavy atom. The summed E-state index contributed by atoms with van der Waals surface area (Å²) in [6, 6.07) is 5.94. The van der Waals surface area contributed by atoms with Gasteiger partial charge in [0.2, 0.25) is 0 Å². The molecule has 1 fully saturated rings. The molecule has 1 amide bonds. The minimum Gasteiger partial charge on any atom is -0.322 e. The first-order valence-electron chi connectivity index (χ1n) is 8.03. The lowest BCUT2D eigenvalue weighted by atomic mass is 10.1. The van der Waals surface area contributed by atoms with E-state index in [9.17, 15) is 4.79 Å².